The summed E-state index contributed by atoms with van der Waals surface area (Å²) in [5.41, 5.74) is 0. The molecule has 116 valence electrons. The van der Waals surface area contributed by atoms with E-state index < -0.39 is 0 Å². The van der Waals surface area contributed by atoms with Gasteiger partial charge in [0.25, 0.3) is 0 Å². The molecule has 0 amide bonds. The summed E-state index contributed by atoms with van der Waals surface area (Å²) in [6, 6.07) is 0. The van der Waals surface area contributed by atoms with E-state index in [4.69, 9.17) is 9.73 Å². The van der Waals surface area contributed by atoms with Gasteiger partial charge in [-0.1, -0.05) is 6.92 Å². The lowest BCUT2D eigenvalue weighted by atomic mass is 10.3. The van der Waals surface area contributed by atoms with Crippen LogP contribution in [0.15, 0.2) is 4.99 Å². The van der Waals surface area contributed by atoms with Crippen molar-refractivity contribution in [3.63, 3.8) is 0 Å². The molecule has 0 aromatic carbocycles. The Morgan fingerprint density at radius 3 is 2.95 bits per heavy atom. The second-order valence-electron chi connectivity index (χ2n) is 5.60. The fourth-order valence-corrected chi connectivity index (χ4v) is 3.52. The van der Waals surface area contributed by atoms with Crippen LogP contribution in [0.1, 0.15) is 33.1 Å². The van der Waals surface area contributed by atoms with E-state index in [1.54, 1.807) is 0 Å². The highest BCUT2D eigenvalue weighted by Crippen LogP contribution is 2.28. The SMILES string of the molecule is CCNC(=NCCOCC1CC1)N1CCSC(CC)C1. The zero-order chi connectivity index (χ0) is 14.2. The van der Waals surface area contributed by atoms with Crippen molar-refractivity contribution in [3.05, 3.63) is 0 Å². The van der Waals surface area contributed by atoms with Crippen LogP contribution in [0.4, 0.5) is 0 Å². The van der Waals surface area contributed by atoms with Gasteiger partial charge in [0.1, 0.15) is 0 Å². The molecule has 4 nitrogen and oxygen atoms in total. The van der Waals surface area contributed by atoms with Crippen LogP contribution in [0, 0.1) is 5.92 Å². The van der Waals surface area contributed by atoms with E-state index in [1.165, 1.54) is 25.0 Å². The average molecular weight is 299 g/mol. The minimum atomic E-state index is 0.749. The maximum absolute atomic E-state index is 5.66. The molecule has 0 spiro atoms. The van der Waals surface area contributed by atoms with Crippen molar-refractivity contribution >= 4 is 17.7 Å². The van der Waals surface area contributed by atoms with Crippen molar-refractivity contribution in [1.82, 2.24) is 10.2 Å². The lowest BCUT2D eigenvalue weighted by Crippen LogP contribution is -2.48. The van der Waals surface area contributed by atoms with E-state index in [2.05, 4.69) is 35.8 Å². The summed E-state index contributed by atoms with van der Waals surface area (Å²) in [7, 11) is 0. The molecular weight excluding hydrogens is 270 g/mol. The summed E-state index contributed by atoms with van der Waals surface area (Å²) in [6.07, 6.45) is 3.95. The van der Waals surface area contributed by atoms with Gasteiger partial charge >= 0.3 is 0 Å². The third kappa shape index (κ3) is 5.52. The molecule has 0 aromatic rings. The molecule has 1 N–H and O–H groups in total. The molecule has 2 fully saturated rings. The average Bonchev–Trinajstić information content (AvgIpc) is 3.30. The van der Waals surface area contributed by atoms with Gasteiger partial charge in [-0.2, -0.15) is 11.8 Å². The Morgan fingerprint density at radius 2 is 2.25 bits per heavy atom. The predicted octanol–water partition coefficient (Wildman–Crippen LogP) is 2.21. The van der Waals surface area contributed by atoms with Crippen LogP contribution >= 0.6 is 11.8 Å². The van der Waals surface area contributed by atoms with E-state index >= 15 is 0 Å². The molecule has 5 heteroatoms. The first-order valence-corrected chi connectivity index (χ1v) is 9.11. The monoisotopic (exact) mass is 299 g/mol. The standard InChI is InChI=1S/C15H29N3OS/c1-3-14-11-18(8-10-20-14)15(16-4-2)17-7-9-19-12-13-5-6-13/h13-14H,3-12H2,1-2H3,(H,16,17). The molecule has 0 bridgehead atoms. The number of nitrogens with one attached hydrogen (secondary N) is 1. The van der Waals surface area contributed by atoms with Gasteiger partial charge in [0.15, 0.2) is 5.96 Å². The Bertz CT molecular complexity index is 307. The van der Waals surface area contributed by atoms with Crippen LogP contribution < -0.4 is 5.32 Å². The molecule has 0 radical (unpaired) electrons. The zero-order valence-corrected chi connectivity index (χ0v) is 13.8. The Labute approximate surface area is 127 Å². The summed E-state index contributed by atoms with van der Waals surface area (Å²) in [5, 5.41) is 4.17. The van der Waals surface area contributed by atoms with E-state index in [1.807, 2.05) is 0 Å². The molecule has 1 saturated heterocycles. The van der Waals surface area contributed by atoms with Gasteiger partial charge in [-0.3, -0.25) is 4.99 Å². The molecular formula is C15H29N3OS. The van der Waals surface area contributed by atoms with Gasteiger partial charge in [-0.25, -0.2) is 0 Å². The molecule has 1 aliphatic heterocycles. The lowest BCUT2D eigenvalue weighted by Gasteiger charge is -2.34. The van der Waals surface area contributed by atoms with Crippen LogP contribution in [0.5, 0.6) is 0 Å². The van der Waals surface area contributed by atoms with Crippen molar-refractivity contribution in [1.29, 1.82) is 0 Å². The number of thioether (sulfide) groups is 1. The maximum Gasteiger partial charge on any atom is 0.194 e. The number of aliphatic imine (C=N–C) groups is 1. The Kier molecular flexibility index (Phi) is 7.00. The number of hydrogen-bond acceptors (Lipinski definition) is 3. The van der Waals surface area contributed by atoms with Gasteiger partial charge in [0.2, 0.25) is 0 Å². The zero-order valence-electron chi connectivity index (χ0n) is 12.9. The van der Waals surface area contributed by atoms with Crippen LogP contribution in [-0.4, -0.2) is 61.3 Å². The van der Waals surface area contributed by atoms with Gasteiger partial charge in [0, 0.05) is 37.2 Å². The summed E-state index contributed by atoms with van der Waals surface area (Å²) in [6.45, 7) is 10.0. The van der Waals surface area contributed by atoms with Gasteiger partial charge in [0.05, 0.1) is 13.2 Å². The molecule has 2 aliphatic rings. The van der Waals surface area contributed by atoms with Crippen molar-refractivity contribution in [2.75, 3.05) is 45.1 Å². The van der Waals surface area contributed by atoms with Crippen LogP contribution in [-0.2, 0) is 4.74 Å². The molecule has 20 heavy (non-hydrogen) atoms. The fourth-order valence-electron chi connectivity index (χ4n) is 2.34. The minimum Gasteiger partial charge on any atom is -0.379 e. The Morgan fingerprint density at radius 1 is 1.40 bits per heavy atom. The lowest BCUT2D eigenvalue weighted by molar-refractivity contribution is 0.131. The van der Waals surface area contributed by atoms with Crippen LogP contribution in [0.3, 0.4) is 0 Å². The molecule has 1 atom stereocenters. The van der Waals surface area contributed by atoms with Gasteiger partial charge in [-0.15, -0.1) is 0 Å². The number of nitrogens with zero attached hydrogens (tertiary/aromatic N) is 2. The molecule has 2 rings (SSSR count). The smallest absolute Gasteiger partial charge is 0.194 e. The largest absolute Gasteiger partial charge is 0.379 e. The summed E-state index contributed by atoms with van der Waals surface area (Å²) in [4.78, 5) is 7.13. The van der Waals surface area contributed by atoms with Crippen molar-refractivity contribution in [2.45, 2.75) is 38.4 Å². The number of guanidine groups is 1. The van der Waals surface area contributed by atoms with E-state index in [0.29, 0.717) is 0 Å². The Balaban J connectivity index is 1.74. The summed E-state index contributed by atoms with van der Waals surface area (Å²) < 4.78 is 5.66. The summed E-state index contributed by atoms with van der Waals surface area (Å²) in [5.74, 6) is 3.12. The quantitative estimate of drug-likeness (QED) is 0.444. The van der Waals surface area contributed by atoms with Gasteiger partial charge in [-0.05, 0) is 32.1 Å². The van der Waals surface area contributed by atoms with Crippen molar-refractivity contribution in [3.8, 4) is 0 Å². The highest BCUT2D eigenvalue weighted by atomic mass is 32.2. The molecule has 1 aliphatic carbocycles. The highest BCUT2D eigenvalue weighted by Gasteiger charge is 2.22. The Hall–Kier alpha value is -0.420. The number of hydrogen-bond donors (Lipinski definition) is 1. The van der Waals surface area contributed by atoms with E-state index in [9.17, 15) is 0 Å². The van der Waals surface area contributed by atoms with Crippen LogP contribution in [0.2, 0.25) is 0 Å². The summed E-state index contributed by atoms with van der Waals surface area (Å²) >= 11 is 2.10. The first-order chi connectivity index (χ1) is 9.83. The van der Waals surface area contributed by atoms with Crippen LogP contribution in [0.25, 0.3) is 0 Å². The third-order valence-electron chi connectivity index (χ3n) is 3.78. The topological polar surface area (TPSA) is 36.9 Å². The molecule has 1 saturated carbocycles. The molecule has 1 heterocycles. The fraction of sp³-hybridized carbons (Fsp3) is 0.933. The number of rotatable bonds is 7. The second kappa shape index (κ2) is 8.78. The predicted molar refractivity (Wildman–Crippen MR) is 87.6 cm³/mol. The first kappa shape index (κ1) is 16.0. The first-order valence-electron chi connectivity index (χ1n) is 8.06. The molecule has 0 aromatic heterocycles. The van der Waals surface area contributed by atoms with Crippen molar-refractivity contribution in [2.24, 2.45) is 10.9 Å². The minimum absolute atomic E-state index is 0.749. The van der Waals surface area contributed by atoms with E-state index in [0.717, 1.165) is 56.5 Å². The van der Waals surface area contributed by atoms with E-state index in [-0.39, 0.29) is 0 Å². The highest BCUT2D eigenvalue weighted by molar-refractivity contribution is 8.00. The van der Waals surface area contributed by atoms with Gasteiger partial charge < -0.3 is 15.0 Å². The molecule has 1 unspecified atom stereocenters. The normalized spacial score (nSPS) is 24.0. The number of ether oxygens (including phenoxy) is 1. The van der Waals surface area contributed by atoms with Crippen molar-refractivity contribution < 1.29 is 4.74 Å². The second-order valence-corrected chi connectivity index (χ2v) is 7.01. The maximum atomic E-state index is 5.66. The third-order valence-corrected chi connectivity index (χ3v) is 5.15.